The van der Waals surface area contributed by atoms with Crippen molar-refractivity contribution in [3.8, 4) is 0 Å². The molecule has 0 saturated heterocycles. The molecule has 2 aromatic rings. The Kier molecular flexibility index (Phi) is 4.96. The van der Waals surface area contributed by atoms with E-state index in [9.17, 15) is 0 Å². The zero-order valence-corrected chi connectivity index (χ0v) is 13.0. The highest BCUT2D eigenvalue weighted by molar-refractivity contribution is 5.30. The van der Waals surface area contributed by atoms with Crippen LogP contribution in [0.4, 0.5) is 0 Å². The first-order valence-electron chi connectivity index (χ1n) is 7.45. The number of likely N-dealkylation sites (N-methyl/N-ethyl adjacent to an activating group) is 1. The lowest BCUT2D eigenvalue weighted by molar-refractivity contribution is 0.465. The van der Waals surface area contributed by atoms with E-state index in [1.165, 1.54) is 16.7 Å². The molecule has 0 amide bonds. The minimum Gasteiger partial charge on any atom is -0.333 e. The molecule has 1 aromatic heterocycles. The fourth-order valence-corrected chi connectivity index (χ4v) is 2.76. The first-order valence-corrected chi connectivity index (χ1v) is 7.45. The third-order valence-electron chi connectivity index (χ3n) is 3.59. The molecule has 3 nitrogen and oxygen atoms in total. The van der Waals surface area contributed by atoms with E-state index in [4.69, 9.17) is 0 Å². The Bertz CT molecular complexity index is 537. The lowest BCUT2D eigenvalue weighted by Gasteiger charge is -2.21. The molecule has 1 aromatic carbocycles. The van der Waals surface area contributed by atoms with Crippen LogP contribution in [0.2, 0.25) is 0 Å². The van der Waals surface area contributed by atoms with Crippen molar-refractivity contribution in [2.24, 2.45) is 0 Å². The summed E-state index contributed by atoms with van der Waals surface area (Å²) in [6.07, 6.45) is 4.94. The number of hydrogen-bond acceptors (Lipinski definition) is 2. The van der Waals surface area contributed by atoms with Crippen molar-refractivity contribution in [2.75, 3.05) is 6.54 Å². The minimum atomic E-state index is 0.332. The van der Waals surface area contributed by atoms with Crippen LogP contribution in [0.3, 0.4) is 0 Å². The molecule has 1 atom stereocenters. The Labute approximate surface area is 122 Å². The van der Waals surface area contributed by atoms with Crippen LogP contribution in [0.15, 0.2) is 30.6 Å². The molecule has 0 aliphatic rings. The zero-order valence-electron chi connectivity index (χ0n) is 13.0. The number of nitrogens with zero attached hydrogens (tertiary/aromatic N) is 2. The van der Waals surface area contributed by atoms with E-state index >= 15 is 0 Å². The fourth-order valence-electron chi connectivity index (χ4n) is 2.76. The molecular formula is C17H25N3. The second-order valence-corrected chi connectivity index (χ2v) is 5.38. The van der Waals surface area contributed by atoms with Gasteiger partial charge in [0.25, 0.3) is 0 Å². The summed E-state index contributed by atoms with van der Waals surface area (Å²) in [5.74, 6) is 1.15. The molecule has 0 aliphatic carbocycles. The second kappa shape index (κ2) is 6.71. The molecular weight excluding hydrogens is 246 g/mol. The summed E-state index contributed by atoms with van der Waals surface area (Å²) in [5.41, 5.74) is 4.01. The average molecular weight is 271 g/mol. The number of hydrogen-bond donors (Lipinski definition) is 1. The summed E-state index contributed by atoms with van der Waals surface area (Å²) < 4.78 is 2.25. The van der Waals surface area contributed by atoms with Crippen LogP contribution in [-0.4, -0.2) is 16.1 Å². The summed E-state index contributed by atoms with van der Waals surface area (Å²) in [7, 11) is 0. The van der Waals surface area contributed by atoms with E-state index in [-0.39, 0.29) is 0 Å². The third kappa shape index (κ3) is 3.48. The topological polar surface area (TPSA) is 29.9 Å². The van der Waals surface area contributed by atoms with Gasteiger partial charge in [0, 0.05) is 25.4 Å². The van der Waals surface area contributed by atoms with Crippen molar-refractivity contribution < 1.29 is 0 Å². The Balaban J connectivity index is 2.26. The fraction of sp³-hybridized carbons (Fsp3) is 0.471. The molecule has 2 rings (SSSR count). The van der Waals surface area contributed by atoms with E-state index < -0.39 is 0 Å². The number of aromatic nitrogens is 2. The quantitative estimate of drug-likeness (QED) is 0.872. The first kappa shape index (κ1) is 14.8. The molecule has 0 spiro atoms. The second-order valence-electron chi connectivity index (χ2n) is 5.38. The van der Waals surface area contributed by atoms with Gasteiger partial charge in [-0.2, -0.15) is 0 Å². The van der Waals surface area contributed by atoms with Crippen molar-refractivity contribution >= 4 is 0 Å². The highest BCUT2D eigenvalue weighted by Gasteiger charge is 2.13. The van der Waals surface area contributed by atoms with Gasteiger partial charge in [-0.1, -0.05) is 43.2 Å². The lowest BCUT2D eigenvalue weighted by atomic mass is 10.0. The maximum Gasteiger partial charge on any atom is 0.108 e. The standard InChI is InChI=1S/C17H25N3/c1-5-17-19-7-8-20(17)12-16(18-6-2)15-10-13(3)9-14(4)11-15/h7-11,16,18H,5-6,12H2,1-4H3. The summed E-state index contributed by atoms with van der Waals surface area (Å²) in [5, 5.41) is 3.59. The van der Waals surface area contributed by atoms with Gasteiger partial charge in [-0.25, -0.2) is 4.98 Å². The predicted octanol–water partition coefficient (Wildman–Crippen LogP) is 3.41. The summed E-state index contributed by atoms with van der Waals surface area (Å²) in [6, 6.07) is 7.12. The van der Waals surface area contributed by atoms with Crippen LogP contribution in [0.5, 0.6) is 0 Å². The van der Waals surface area contributed by atoms with Gasteiger partial charge in [0.05, 0.1) is 6.04 Å². The van der Waals surface area contributed by atoms with Gasteiger partial charge in [-0.3, -0.25) is 0 Å². The van der Waals surface area contributed by atoms with Gasteiger partial charge >= 0.3 is 0 Å². The van der Waals surface area contributed by atoms with Crippen molar-refractivity contribution in [1.29, 1.82) is 0 Å². The van der Waals surface area contributed by atoms with Crippen LogP contribution >= 0.6 is 0 Å². The summed E-state index contributed by atoms with van der Waals surface area (Å²) in [6.45, 7) is 10.5. The van der Waals surface area contributed by atoms with Gasteiger partial charge < -0.3 is 9.88 Å². The molecule has 0 radical (unpaired) electrons. The molecule has 3 heteroatoms. The summed E-state index contributed by atoms with van der Waals surface area (Å²) in [4.78, 5) is 4.41. The highest BCUT2D eigenvalue weighted by Crippen LogP contribution is 2.19. The Morgan fingerprint density at radius 1 is 1.15 bits per heavy atom. The number of aryl methyl sites for hydroxylation is 3. The van der Waals surface area contributed by atoms with Crippen LogP contribution in [0, 0.1) is 13.8 Å². The number of nitrogens with one attached hydrogen (secondary N) is 1. The van der Waals surface area contributed by atoms with E-state index in [0.29, 0.717) is 6.04 Å². The summed E-state index contributed by atoms with van der Waals surface area (Å²) >= 11 is 0. The predicted molar refractivity (Wildman–Crippen MR) is 83.9 cm³/mol. The van der Waals surface area contributed by atoms with Gasteiger partial charge in [-0.05, 0) is 26.0 Å². The van der Waals surface area contributed by atoms with Gasteiger partial charge in [0.1, 0.15) is 5.82 Å². The largest absolute Gasteiger partial charge is 0.333 e. The molecule has 1 heterocycles. The van der Waals surface area contributed by atoms with Crippen molar-refractivity contribution in [1.82, 2.24) is 14.9 Å². The van der Waals surface area contributed by atoms with Crippen LogP contribution < -0.4 is 5.32 Å². The van der Waals surface area contributed by atoms with E-state index in [1.54, 1.807) is 0 Å². The van der Waals surface area contributed by atoms with E-state index in [0.717, 1.165) is 25.3 Å². The number of benzene rings is 1. The average Bonchev–Trinajstić information content (AvgIpc) is 2.84. The van der Waals surface area contributed by atoms with Crippen LogP contribution in [0.1, 0.15) is 42.4 Å². The number of rotatable bonds is 6. The Hall–Kier alpha value is -1.61. The zero-order chi connectivity index (χ0) is 14.5. The molecule has 0 saturated carbocycles. The molecule has 0 fully saturated rings. The highest BCUT2D eigenvalue weighted by atomic mass is 15.1. The third-order valence-corrected chi connectivity index (χ3v) is 3.59. The lowest BCUT2D eigenvalue weighted by Crippen LogP contribution is -2.26. The van der Waals surface area contributed by atoms with Crippen molar-refractivity contribution in [2.45, 2.75) is 46.7 Å². The van der Waals surface area contributed by atoms with E-state index in [1.807, 2.05) is 6.20 Å². The molecule has 108 valence electrons. The normalized spacial score (nSPS) is 12.6. The van der Waals surface area contributed by atoms with Gasteiger partial charge in [-0.15, -0.1) is 0 Å². The Morgan fingerprint density at radius 3 is 2.45 bits per heavy atom. The molecule has 1 unspecified atom stereocenters. The maximum atomic E-state index is 4.41. The van der Waals surface area contributed by atoms with Gasteiger partial charge in [0.2, 0.25) is 0 Å². The number of imidazole rings is 1. The molecule has 0 aliphatic heterocycles. The van der Waals surface area contributed by atoms with Crippen molar-refractivity contribution in [3.05, 3.63) is 53.1 Å². The smallest absolute Gasteiger partial charge is 0.108 e. The minimum absolute atomic E-state index is 0.332. The maximum absolute atomic E-state index is 4.41. The van der Waals surface area contributed by atoms with Crippen LogP contribution in [0.25, 0.3) is 0 Å². The van der Waals surface area contributed by atoms with Gasteiger partial charge in [0.15, 0.2) is 0 Å². The molecule has 1 N–H and O–H groups in total. The molecule has 20 heavy (non-hydrogen) atoms. The molecule has 0 bridgehead atoms. The van der Waals surface area contributed by atoms with Crippen molar-refractivity contribution in [3.63, 3.8) is 0 Å². The van der Waals surface area contributed by atoms with Crippen LogP contribution in [-0.2, 0) is 13.0 Å². The Morgan fingerprint density at radius 2 is 1.85 bits per heavy atom. The first-order chi connectivity index (χ1) is 9.63. The van der Waals surface area contributed by atoms with E-state index in [2.05, 4.69) is 67.0 Å². The monoisotopic (exact) mass is 271 g/mol. The SMILES string of the molecule is CCNC(Cn1ccnc1CC)c1cc(C)cc(C)c1.